The number of aliphatic hydroxyl groups excluding tert-OH is 1. The Hall–Kier alpha value is -1.24. The highest BCUT2D eigenvalue weighted by atomic mass is 35.5. The Morgan fingerprint density at radius 1 is 1.21 bits per heavy atom. The zero-order chi connectivity index (χ0) is 14.0. The largest absolute Gasteiger partial charge is 0.387 e. The monoisotopic (exact) mass is 308 g/mol. The van der Waals surface area contributed by atoms with Gasteiger partial charge in [-0.05, 0) is 18.2 Å². The lowest BCUT2D eigenvalue weighted by molar-refractivity contribution is -0.00754. The molecule has 2 rings (SSSR count). The summed E-state index contributed by atoms with van der Waals surface area (Å²) in [6.45, 7) is 0. The summed E-state index contributed by atoms with van der Waals surface area (Å²) in [6.07, 6.45) is -5.12. The first-order chi connectivity index (χ1) is 8.95. The third kappa shape index (κ3) is 3.62. The fraction of sp³-hybridized carbons (Fsp3) is 0.273. The highest BCUT2D eigenvalue weighted by Crippen LogP contribution is 2.25. The molecule has 102 valence electrons. The van der Waals surface area contributed by atoms with Gasteiger partial charge < -0.3 is 9.63 Å². The topological polar surface area (TPSA) is 59.2 Å². The van der Waals surface area contributed by atoms with E-state index in [-0.39, 0.29) is 11.7 Å². The van der Waals surface area contributed by atoms with E-state index in [1.165, 1.54) is 6.07 Å². The smallest absolute Gasteiger partial charge is 0.264 e. The van der Waals surface area contributed by atoms with Crippen molar-refractivity contribution in [3.63, 3.8) is 0 Å². The van der Waals surface area contributed by atoms with Gasteiger partial charge in [0.25, 0.3) is 6.43 Å². The second-order valence-electron chi connectivity index (χ2n) is 3.78. The van der Waals surface area contributed by atoms with E-state index < -0.39 is 19.0 Å². The molecule has 0 radical (unpaired) electrons. The van der Waals surface area contributed by atoms with E-state index in [9.17, 15) is 8.78 Å². The maximum Gasteiger partial charge on any atom is 0.264 e. The predicted octanol–water partition coefficient (Wildman–Crippen LogP) is 3.21. The molecule has 1 aromatic carbocycles. The van der Waals surface area contributed by atoms with Gasteiger partial charge in [0.2, 0.25) is 11.7 Å². The van der Waals surface area contributed by atoms with Crippen molar-refractivity contribution in [1.29, 1.82) is 0 Å². The quantitative estimate of drug-likeness (QED) is 0.942. The van der Waals surface area contributed by atoms with E-state index in [1.54, 1.807) is 12.1 Å². The van der Waals surface area contributed by atoms with Crippen LogP contribution in [0.5, 0.6) is 0 Å². The van der Waals surface area contributed by atoms with Crippen LogP contribution in [0.1, 0.15) is 5.89 Å². The van der Waals surface area contributed by atoms with E-state index in [4.69, 9.17) is 32.8 Å². The number of rotatable bonds is 4. The molecule has 0 spiro atoms. The molecule has 1 heterocycles. The van der Waals surface area contributed by atoms with Crippen LogP contribution < -0.4 is 0 Å². The molecule has 1 N–H and O–H groups in total. The van der Waals surface area contributed by atoms with Gasteiger partial charge in [-0.15, -0.1) is 0 Å². The van der Waals surface area contributed by atoms with E-state index in [0.29, 0.717) is 15.6 Å². The maximum absolute atomic E-state index is 12.2. The minimum atomic E-state index is -2.86. The van der Waals surface area contributed by atoms with Crippen molar-refractivity contribution >= 4 is 23.2 Å². The molecule has 1 unspecified atom stereocenters. The molecule has 0 saturated heterocycles. The summed E-state index contributed by atoms with van der Waals surface area (Å²) < 4.78 is 29.1. The highest BCUT2D eigenvalue weighted by Gasteiger charge is 2.21. The molecular weight excluding hydrogens is 301 g/mol. The van der Waals surface area contributed by atoms with E-state index >= 15 is 0 Å². The summed E-state index contributed by atoms with van der Waals surface area (Å²) in [5.41, 5.74) is 0.499. The summed E-state index contributed by atoms with van der Waals surface area (Å²) in [6, 6.07) is 4.66. The number of benzene rings is 1. The minimum Gasteiger partial charge on any atom is -0.387 e. The van der Waals surface area contributed by atoms with Crippen LogP contribution in [0.15, 0.2) is 22.7 Å². The second kappa shape index (κ2) is 5.81. The Balaban J connectivity index is 2.21. The Morgan fingerprint density at radius 3 is 2.42 bits per heavy atom. The van der Waals surface area contributed by atoms with Crippen LogP contribution >= 0.6 is 23.2 Å². The van der Waals surface area contributed by atoms with Gasteiger partial charge in [0, 0.05) is 15.6 Å². The van der Waals surface area contributed by atoms with Gasteiger partial charge >= 0.3 is 0 Å². The second-order valence-corrected chi connectivity index (χ2v) is 4.65. The first-order valence-electron chi connectivity index (χ1n) is 5.21. The summed E-state index contributed by atoms with van der Waals surface area (Å²) >= 11 is 11.6. The van der Waals surface area contributed by atoms with Gasteiger partial charge in [-0.2, -0.15) is 4.98 Å². The maximum atomic E-state index is 12.2. The summed E-state index contributed by atoms with van der Waals surface area (Å²) in [7, 11) is 0. The van der Waals surface area contributed by atoms with Gasteiger partial charge in [0.05, 0.1) is 6.42 Å². The molecule has 2 aromatic rings. The van der Waals surface area contributed by atoms with Crippen molar-refractivity contribution in [3.8, 4) is 11.4 Å². The van der Waals surface area contributed by atoms with Gasteiger partial charge in [-0.25, -0.2) is 8.78 Å². The lowest BCUT2D eigenvalue weighted by Gasteiger charge is -2.04. The molecule has 8 heteroatoms. The lowest BCUT2D eigenvalue weighted by atomic mass is 10.2. The molecule has 0 amide bonds. The van der Waals surface area contributed by atoms with Crippen LogP contribution in [-0.2, 0) is 6.42 Å². The van der Waals surface area contributed by atoms with Crippen molar-refractivity contribution in [2.24, 2.45) is 0 Å². The lowest BCUT2D eigenvalue weighted by Crippen LogP contribution is -2.20. The molecule has 0 saturated carbocycles. The number of alkyl halides is 2. The number of hydrogen-bond donors (Lipinski definition) is 1. The predicted molar refractivity (Wildman–Crippen MR) is 65.5 cm³/mol. The number of halogens is 4. The normalized spacial score (nSPS) is 12.9. The number of aliphatic hydroxyl groups is 1. The van der Waals surface area contributed by atoms with E-state index in [2.05, 4.69) is 10.1 Å². The van der Waals surface area contributed by atoms with Crippen LogP contribution in [0.25, 0.3) is 11.4 Å². The van der Waals surface area contributed by atoms with Gasteiger partial charge in [0.15, 0.2) is 0 Å². The fourth-order valence-corrected chi connectivity index (χ4v) is 1.93. The van der Waals surface area contributed by atoms with Gasteiger partial charge in [0.1, 0.15) is 6.10 Å². The average Bonchev–Trinajstić information content (AvgIpc) is 2.76. The molecule has 19 heavy (non-hydrogen) atoms. The highest BCUT2D eigenvalue weighted by molar-refractivity contribution is 6.35. The van der Waals surface area contributed by atoms with Crippen LogP contribution in [0.3, 0.4) is 0 Å². The first kappa shape index (κ1) is 14.2. The van der Waals surface area contributed by atoms with E-state index in [1.807, 2.05) is 0 Å². The van der Waals surface area contributed by atoms with Crippen LogP contribution in [0, 0.1) is 0 Å². The van der Waals surface area contributed by atoms with Gasteiger partial charge in [-0.1, -0.05) is 28.4 Å². The molecular formula is C11H8Cl2F2N2O2. The first-order valence-corrected chi connectivity index (χ1v) is 5.96. The molecule has 0 aliphatic rings. The van der Waals surface area contributed by atoms with Crippen molar-refractivity contribution in [3.05, 3.63) is 34.1 Å². The zero-order valence-corrected chi connectivity index (χ0v) is 10.9. The van der Waals surface area contributed by atoms with Gasteiger partial charge in [-0.3, -0.25) is 0 Å². The van der Waals surface area contributed by atoms with Crippen LogP contribution in [0.2, 0.25) is 10.0 Å². The van der Waals surface area contributed by atoms with Crippen molar-refractivity contribution in [2.75, 3.05) is 0 Å². The molecule has 1 atom stereocenters. The van der Waals surface area contributed by atoms with Crippen molar-refractivity contribution in [2.45, 2.75) is 19.0 Å². The summed E-state index contributed by atoms with van der Waals surface area (Å²) in [4.78, 5) is 3.90. The standard InChI is InChI=1S/C11H8Cl2F2N2O2/c12-6-1-5(2-7(13)3-6)11-16-9(19-17-11)4-8(18)10(14)15/h1-3,8,10,18H,4H2. The van der Waals surface area contributed by atoms with Crippen molar-refractivity contribution in [1.82, 2.24) is 10.1 Å². The molecule has 0 aliphatic heterocycles. The zero-order valence-electron chi connectivity index (χ0n) is 9.36. The summed E-state index contributed by atoms with van der Waals surface area (Å²) in [5.74, 6) is 0.0831. The van der Waals surface area contributed by atoms with Crippen molar-refractivity contribution < 1.29 is 18.4 Å². The fourth-order valence-electron chi connectivity index (χ4n) is 1.41. The Kier molecular flexibility index (Phi) is 4.34. The third-order valence-electron chi connectivity index (χ3n) is 2.26. The molecule has 0 bridgehead atoms. The number of nitrogens with zero attached hydrogens (tertiary/aromatic N) is 2. The SMILES string of the molecule is OC(Cc1nc(-c2cc(Cl)cc(Cl)c2)no1)C(F)F. The average molecular weight is 309 g/mol. The minimum absolute atomic E-state index is 0.0844. The van der Waals surface area contributed by atoms with Crippen LogP contribution in [0.4, 0.5) is 8.78 Å². The molecule has 0 aliphatic carbocycles. The third-order valence-corrected chi connectivity index (χ3v) is 2.70. The number of hydrogen-bond acceptors (Lipinski definition) is 4. The molecule has 1 aromatic heterocycles. The van der Waals surface area contributed by atoms with Crippen LogP contribution in [-0.4, -0.2) is 27.8 Å². The number of aromatic nitrogens is 2. The summed E-state index contributed by atoms with van der Waals surface area (Å²) in [5, 5.41) is 13.4. The Morgan fingerprint density at radius 2 is 1.84 bits per heavy atom. The Labute approximate surface area is 117 Å². The molecule has 4 nitrogen and oxygen atoms in total. The van der Waals surface area contributed by atoms with E-state index in [0.717, 1.165) is 0 Å². The Bertz CT molecular complexity index is 557. The molecule has 0 fully saturated rings.